The van der Waals surface area contributed by atoms with Crippen LogP contribution in [0.4, 0.5) is 10.2 Å². The molecule has 3 aromatic rings. The molecule has 3 heterocycles. The van der Waals surface area contributed by atoms with Crippen LogP contribution in [0.2, 0.25) is 0 Å². The van der Waals surface area contributed by atoms with Crippen LogP contribution in [0.5, 0.6) is 0 Å². The van der Waals surface area contributed by atoms with Crippen LogP contribution in [0, 0.1) is 5.82 Å². The lowest BCUT2D eigenvalue weighted by Gasteiger charge is -2.08. The molecule has 0 saturated heterocycles. The summed E-state index contributed by atoms with van der Waals surface area (Å²) >= 11 is 0. The highest BCUT2D eigenvalue weighted by Crippen LogP contribution is 2.16. The molecule has 0 spiro atoms. The molecule has 0 bridgehead atoms. The van der Waals surface area contributed by atoms with Crippen molar-refractivity contribution in [1.82, 2.24) is 15.0 Å². The van der Waals surface area contributed by atoms with Gasteiger partial charge in [-0.2, -0.15) is 0 Å². The monoisotopic (exact) mass is 280 g/mol. The van der Waals surface area contributed by atoms with Crippen molar-refractivity contribution >= 4 is 5.82 Å². The van der Waals surface area contributed by atoms with Gasteiger partial charge in [-0.25, -0.2) is 9.37 Å². The fraction of sp³-hybridized carbons (Fsp3) is 0.0625. The predicted molar refractivity (Wildman–Crippen MR) is 79.0 cm³/mol. The van der Waals surface area contributed by atoms with E-state index in [4.69, 9.17) is 0 Å². The molecular formula is C16H13FN4. The van der Waals surface area contributed by atoms with Gasteiger partial charge in [0.1, 0.15) is 11.6 Å². The van der Waals surface area contributed by atoms with E-state index >= 15 is 0 Å². The molecule has 0 aliphatic rings. The Morgan fingerprint density at radius 1 is 0.952 bits per heavy atom. The summed E-state index contributed by atoms with van der Waals surface area (Å²) in [5.74, 6) is 0.347. The van der Waals surface area contributed by atoms with Crippen molar-refractivity contribution in [1.29, 1.82) is 0 Å². The van der Waals surface area contributed by atoms with E-state index in [1.54, 1.807) is 18.5 Å². The molecule has 1 N–H and O–H groups in total. The standard InChI is InChI=1S/C16H13FN4/c17-13-11-18-9-7-12(13)10-20-16-6-3-5-15(21-16)14-4-1-2-8-19-14/h1-9,11H,10H2,(H,20,21). The Morgan fingerprint density at radius 2 is 1.86 bits per heavy atom. The van der Waals surface area contributed by atoms with Crippen molar-refractivity contribution < 1.29 is 4.39 Å². The van der Waals surface area contributed by atoms with E-state index in [-0.39, 0.29) is 5.82 Å². The van der Waals surface area contributed by atoms with Crippen LogP contribution >= 0.6 is 0 Å². The SMILES string of the molecule is Fc1cnccc1CNc1cccc(-c2ccccn2)n1. The molecule has 104 valence electrons. The second-order valence-electron chi connectivity index (χ2n) is 4.44. The molecule has 21 heavy (non-hydrogen) atoms. The van der Waals surface area contributed by atoms with E-state index in [2.05, 4.69) is 20.3 Å². The van der Waals surface area contributed by atoms with Crippen LogP contribution in [0.3, 0.4) is 0 Å². The molecule has 0 amide bonds. The molecule has 5 heteroatoms. The van der Waals surface area contributed by atoms with Crippen LogP contribution in [0.25, 0.3) is 11.4 Å². The maximum Gasteiger partial charge on any atom is 0.146 e. The fourth-order valence-electron chi connectivity index (χ4n) is 1.92. The average Bonchev–Trinajstić information content (AvgIpc) is 2.55. The lowest BCUT2D eigenvalue weighted by molar-refractivity contribution is 0.606. The summed E-state index contributed by atoms with van der Waals surface area (Å²) in [5.41, 5.74) is 2.13. The van der Waals surface area contributed by atoms with E-state index in [0.29, 0.717) is 17.9 Å². The van der Waals surface area contributed by atoms with Gasteiger partial charge in [0, 0.05) is 24.5 Å². The number of halogens is 1. The zero-order valence-corrected chi connectivity index (χ0v) is 11.2. The van der Waals surface area contributed by atoms with Gasteiger partial charge in [0.25, 0.3) is 0 Å². The highest BCUT2D eigenvalue weighted by molar-refractivity contribution is 5.56. The Kier molecular flexibility index (Phi) is 3.82. The van der Waals surface area contributed by atoms with Gasteiger partial charge in [-0.05, 0) is 30.3 Å². The number of rotatable bonds is 4. The molecule has 3 rings (SSSR count). The first kappa shape index (κ1) is 13.2. The van der Waals surface area contributed by atoms with Crippen molar-refractivity contribution in [2.24, 2.45) is 0 Å². The van der Waals surface area contributed by atoms with Gasteiger partial charge in [0.15, 0.2) is 0 Å². The Morgan fingerprint density at radius 3 is 2.67 bits per heavy atom. The smallest absolute Gasteiger partial charge is 0.146 e. The fourth-order valence-corrected chi connectivity index (χ4v) is 1.92. The molecule has 0 aliphatic heterocycles. The second kappa shape index (κ2) is 6.09. The molecule has 0 aliphatic carbocycles. The van der Waals surface area contributed by atoms with Gasteiger partial charge in [-0.3, -0.25) is 9.97 Å². The molecule has 0 fully saturated rings. The minimum absolute atomic E-state index is 0.328. The molecule has 0 aromatic carbocycles. The van der Waals surface area contributed by atoms with Gasteiger partial charge in [-0.15, -0.1) is 0 Å². The van der Waals surface area contributed by atoms with Gasteiger partial charge in [0.05, 0.1) is 17.6 Å². The normalized spacial score (nSPS) is 10.3. The van der Waals surface area contributed by atoms with Crippen LogP contribution in [0.15, 0.2) is 61.1 Å². The van der Waals surface area contributed by atoms with Crippen molar-refractivity contribution in [3.05, 3.63) is 72.4 Å². The number of anilines is 1. The summed E-state index contributed by atoms with van der Waals surface area (Å²) in [4.78, 5) is 12.5. The Hall–Kier alpha value is -2.82. The van der Waals surface area contributed by atoms with E-state index in [0.717, 1.165) is 11.4 Å². The lowest BCUT2D eigenvalue weighted by atomic mass is 10.2. The van der Waals surface area contributed by atoms with E-state index in [1.807, 2.05) is 36.4 Å². The third-order valence-corrected chi connectivity index (χ3v) is 2.99. The zero-order chi connectivity index (χ0) is 14.5. The maximum atomic E-state index is 13.5. The van der Waals surface area contributed by atoms with Crippen LogP contribution in [-0.4, -0.2) is 15.0 Å². The highest BCUT2D eigenvalue weighted by Gasteiger charge is 2.04. The summed E-state index contributed by atoms with van der Waals surface area (Å²) in [7, 11) is 0. The van der Waals surface area contributed by atoms with Gasteiger partial charge in [0.2, 0.25) is 0 Å². The Bertz CT molecular complexity index is 731. The predicted octanol–water partition coefficient (Wildman–Crippen LogP) is 3.29. The number of hydrogen-bond acceptors (Lipinski definition) is 4. The summed E-state index contributed by atoms with van der Waals surface area (Å²) < 4.78 is 13.5. The molecule has 0 atom stereocenters. The molecule has 0 saturated carbocycles. The summed E-state index contributed by atoms with van der Waals surface area (Å²) in [6, 6.07) is 12.9. The Labute approximate surface area is 121 Å². The number of aromatic nitrogens is 3. The van der Waals surface area contributed by atoms with Crippen molar-refractivity contribution in [3.8, 4) is 11.4 Å². The quantitative estimate of drug-likeness (QED) is 0.796. The van der Waals surface area contributed by atoms with E-state index in [1.165, 1.54) is 6.20 Å². The van der Waals surface area contributed by atoms with Crippen molar-refractivity contribution in [3.63, 3.8) is 0 Å². The Balaban J connectivity index is 1.77. The molecular weight excluding hydrogens is 267 g/mol. The first-order valence-electron chi connectivity index (χ1n) is 6.53. The average molecular weight is 280 g/mol. The van der Waals surface area contributed by atoms with Gasteiger partial charge >= 0.3 is 0 Å². The summed E-state index contributed by atoms with van der Waals surface area (Å²) in [6.07, 6.45) is 4.50. The zero-order valence-electron chi connectivity index (χ0n) is 11.2. The van der Waals surface area contributed by atoms with Crippen LogP contribution in [-0.2, 0) is 6.54 Å². The third kappa shape index (κ3) is 3.20. The number of nitrogens with one attached hydrogen (secondary N) is 1. The first-order chi connectivity index (χ1) is 10.3. The minimum Gasteiger partial charge on any atom is -0.366 e. The number of hydrogen-bond donors (Lipinski definition) is 1. The van der Waals surface area contributed by atoms with E-state index < -0.39 is 0 Å². The third-order valence-electron chi connectivity index (χ3n) is 2.99. The molecule has 4 nitrogen and oxygen atoms in total. The second-order valence-corrected chi connectivity index (χ2v) is 4.44. The first-order valence-corrected chi connectivity index (χ1v) is 6.53. The summed E-state index contributed by atoms with van der Waals surface area (Å²) in [6.45, 7) is 0.354. The van der Waals surface area contributed by atoms with E-state index in [9.17, 15) is 4.39 Å². The highest BCUT2D eigenvalue weighted by atomic mass is 19.1. The molecule has 0 unspecified atom stereocenters. The van der Waals surface area contributed by atoms with Gasteiger partial charge in [-0.1, -0.05) is 12.1 Å². The summed E-state index contributed by atoms with van der Waals surface area (Å²) in [5, 5.41) is 3.11. The number of nitrogens with zero attached hydrogens (tertiary/aromatic N) is 3. The van der Waals surface area contributed by atoms with Crippen molar-refractivity contribution in [2.75, 3.05) is 5.32 Å². The van der Waals surface area contributed by atoms with Gasteiger partial charge < -0.3 is 5.32 Å². The molecule has 0 radical (unpaired) electrons. The largest absolute Gasteiger partial charge is 0.366 e. The van der Waals surface area contributed by atoms with Crippen LogP contribution < -0.4 is 5.32 Å². The topological polar surface area (TPSA) is 50.7 Å². The van der Waals surface area contributed by atoms with Crippen LogP contribution in [0.1, 0.15) is 5.56 Å². The molecule has 3 aromatic heterocycles. The van der Waals surface area contributed by atoms with Crippen molar-refractivity contribution in [2.45, 2.75) is 6.54 Å². The lowest BCUT2D eigenvalue weighted by Crippen LogP contribution is -2.04. The number of pyridine rings is 3. The maximum absolute atomic E-state index is 13.5. The minimum atomic E-state index is -0.328.